The molecule has 3 aromatic rings. The molecule has 84 valence electrons. The van der Waals surface area contributed by atoms with Crippen LogP contribution >= 0.6 is 0 Å². The molecule has 0 aliphatic carbocycles. The molecule has 17 heavy (non-hydrogen) atoms. The molecule has 1 aromatic carbocycles. The molecule has 5 nitrogen and oxygen atoms in total. The molecule has 0 atom stereocenters. The van der Waals surface area contributed by atoms with Gasteiger partial charge in [-0.25, -0.2) is 20.1 Å². The maximum absolute atomic E-state index is 11.7. The van der Waals surface area contributed by atoms with Gasteiger partial charge in [0.25, 0.3) is 0 Å². The summed E-state index contributed by atoms with van der Waals surface area (Å²) in [6.45, 7) is 0. The molecular weight excluding hydrogens is 218 g/mol. The van der Waals surface area contributed by atoms with Gasteiger partial charge in [0.2, 0.25) is 5.76 Å². The van der Waals surface area contributed by atoms with E-state index in [0.717, 1.165) is 11.0 Å². The van der Waals surface area contributed by atoms with Crippen LogP contribution in [-0.4, -0.2) is 10.9 Å². The van der Waals surface area contributed by atoms with Crippen LogP contribution in [0.1, 0.15) is 10.6 Å². The van der Waals surface area contributed by atoms with Crippen molar-refractivity contribution < 1.29 is 14.2 Å². The zero-order valence-electron chi connectivity index (χ0n) is 8.86. The molecule has 0 aliphatic heterocycles. The van der Waals surface area contributed by atoms with Crippen LogP contribution < -0.4 is 10.3 Å². The van der Waals surface area contributed by atoms with Crippen LogP contribution in [0.25, 0.3) is 11.0 Å². The smallest absolute Gasteiger partial charge is 0.361 e. The normalized spacial score (nSPS) is 10.6. The molecule has 1 amide bonds. The van der Waals surface area contributed by atoms with Gasteiger partial charge in [0.05, 0.1) is 6.26 Å². The fraction of sp³-hybridized carbons (Fsp3) is 0. The summed E-state index contributed by atoms with van der Waals surface area (Å²) >= 11 is 0. The number of nitrogens with one attached hydrogen (secondary N) is 3. The molecule has 3 N–H and O–H groups in total. The number of carbonyl (C=O) groups excluding carboxylic acids is 1. The number of carbonyl (C=O) groups is 1. The van der Waals surface area contributed by atoms with Crippen LogP contribution in [0.4, 0.5) is 5.95 Å². The predicted molar refractivity (Wildman–Crippen MR) is 61.5 cm³/mol. The number of H-pyrrole nitrogens is 2. The van der Waals surface area contributed by atoms with E-state index in [1.54, 1.807) is 12.1 Å². The molecule has 0 bridgehead atoms. The SMILES string of the molecule is O=C(Nc1[nH]c2ccccc2[nH+]1)c1ccco1. The third kappa shape index (κ3) is 1.78. The number of amides is 1. The first-order valence-corrected chi connectivity index (χ1v) is 5.18. The molecule has 2 aromatic heterocycles. The first-order valence-electron chi connectivity index (χ1n) is 5.18. The first-order chi connectivity index (χ1) is 8.33. The Morgan fingerprint density at radius 2 is 2.12 bits per heavy atom. The fourth-order valence-corrected chi connectivity index (χ4v) is 1.65. The van der Waals surface area contributed by atoms with E-state index in [4.69, 9.17) is 4.42 Å². The van der Waals surface area contributed by atoms with Crippen LogP contribution in [0.15, 0.2) is 47.1 Å². The van der Waals surface area contributed by atoms with Crippen molar-refractivity contribution in [1.82, 2.24) is 4.98 Å². The number of rotatable bonds is 2. The van der Waals surface area contributed by atoms with Crippen LogP contribution in [-0.2, 0) is 0 Å². The summed E-state index contributed by atoms with van der Waals surface area (Å²) in [5.74, 6) is 0.516. The lowest BCUT2D eigenvalue weighted by Gasteiger charge is -1.90. The Morgan fingerprint density at radius 1 is 1.24 bits per heavy atom. The van der Waals surface area contributed by atoms with E-state index in [1.807, 2.05) is 24.3 Å². The summed E-state index contributed by atoms with van der Waals surface area (Å²) in [5.41, 5.74) is 1.87. The standard InChI is InChI=1S/C12H9N3O2/c16-11(10-6-3-7-17-10)15-12-13-8-4-1-2-5-9(8)14-12/h1-7H,(H2,13,14,15,16)/p+1. The van der Waals surface area contributed by atoms with Crippen LogP contribution in [0.5, 0.6) is 0 Å². The summed E-state index contributed by atoms with van der Waals surface area (Å²) < 4.78 is 5.00. The second-order valence-corrected chi connectivity index (χ2v) is 3.60. The van der Waals surface area contributed by atoms with Crippen molar-refractivity contribution in [1.29, 1.82) is 0 Å². The van der Waals surface area contributed by atoms with Gasteiger partial charge in [-0.05, 0) is 24.3 Å². The van der Waals surface area contributed by atoms with Gasteiger partial charge in [0.15, 0.2) is 0 Å². The van der Waals surface area contributed by atoms with E-state index in [9.17, 15) is 4.79 Å². The fourth-order valence-electron chi connectivity index (χ4n) is 1.65. The number of aromatic nitrogens is 2. The summed E-state index contributed by atoms with van der Waals surface area (Å²) in [5, 5.41) is 2.69. The Balaban J connectivity index is 1.88. The number of furan rings is 1. The highest BCUT2D eigenvalue weighted by molar-refractivity contribution is 6.01. The number of hydrogen-bond acceptors (Lipinski definition) is 2. The second kappa shape index (κ2) is 3.79. The largest absolute Gasteiger partial charge is 0.458 e. The zero-order chi connectivity index (χ0) is 11.7. The van der Waals surface area contributed by atoms with E-state index in [1.165, 1.54) is 6.26 Å². The van der Waals surface area contributed by atoms with E-state index < -0.39 is 0 Å². The van der Waals surface area contributed by atoms with Crippen molar-refractivity contribution in [3.63, 3.8) is 0 Å². The van der Waals surface area contributed by atoms with Gasteiger partial charge in [0, 0.05) is 0 Å². The van der Waals surface area contributed by atoms with Gasteiger partial charge in [-0.3, -0.25) is 0 Å². The summed E-state index contributed by atoms with van der Waals surface area (Å²) in [4.78, 5) is 17.8. The number of anilines is 1. The van der Waals surface area contributed by atoms with Crippen molar-refractivity contribution in [2.45, 2.75) is 0 Å². The van der Waals surface area contributed by atoms with Crippen molar-refractivity contribution in [2.24, 2.45) is 0 Å². The van der Waals surface area contributed by atoms with E-state index in [0.29, 0.717) is 5.95 Å². The number of para-hydroxylation sites is 2. The van der Waals surface area contributed by atoms with Crippen molar-refractivity contribution in [2.75, 3.05) is 5.32 Å². The lowest BCUT2D eigenvalue weighted by molar-refractivity contribution is -0.326. The minimum atomic E-state index is -0.294. The summed E-state index contributed by atoms with van der Waals surface area (Å²) in [7, 11) is 0. The van der Waals surface area contributed by atoms with Crippen molar-refractivity contribution >= 4 is 22.9 Å². The number of aromatic amines is 2. The average molecular weight is 228 g/mol. The van der Waals surface area contributed by atoms with Gasteiger partial charge >= 0.3 is 11.9 Å². The Morgan fingerprint density at radius 3 is 2.88 bits per heavy atom. The van der Waals surface area contributed by atoms with Gasteiger partial charge < -0.3 is 4.42 Å². The molecule has 0 spiro atoms. The molecule has 0 aliphatic rings. The molecule has 3 rings (SSSR count). The Kier molecular flexibility index (Phi) is 2.15. The zero-order valence-corrected chi connectivity index (χ0v) is 8.86. The van der Waals surface area contributed by atoms with Gasteiger partial charge in [-0.1, -0.05) is 12.1 Å². The molecule has 0 radical (unpaired) electrons. The molecule has 0 saturated carbocycles. The average Bonchev–Trinajstić information content (AvgIpc) is 2.97. The third-order valence-corrected chi connectivity index (χ3v) is 2.43. The van der Waals surface area contributed by atoms with Crippen LogP contribution in [0.2, 0.25) is 0 Å². The Hall–Kier alpha value is -2.56. The maximum Gasteiger partial charge on any atom is 0.361 e. The number of hydrogen-bond donors (Lipinski definition) is 2. The predicted octanol–water partition coefficient (Wildman–Crippen LogP) is 1.83. The molecular formula is C12H10N3O2+. The highest BCUT2D eigenvalue weighted by Gasteiger charge is 2.16. The minimum Gasteiger partial charge on any atom is -0.458 e. The number of fused-ring (bicyclic) bond motifs is 1. The van der Waals surface area contributed by atoms with Crippen molar-refractivity contribution in [3.05, 3.63) is 48.4 Å². The number of imidazole rings is 1. The molecule has 0 saturated heterocycles. The quantitative estimate of drug-likeness (QED) is 0.702. The highest BCUT2D eigenvalue weighted by atomic mass is 16.3. The molecule has 0 unspecified atom stereocenters. The number of benzene rings is 1. The monoisotopic (exact) mass is 228 g/mol. The minimum absolute atomic E-state index is 0.275. The first kappa shape index (κ1) is 9.65. The molecule has 5 heteroatoms. The Bertz CT molecular complexity index is 622. The topological polar surface area (TPSA) is 72.2 Å². The van der Waals surface area contributed by atoms with Crippen molar-refractivity contribution in [3.8, 4) is 0 Å². The summed E-state index contributed by atoms with van der Waals surface area (Å²) in [6, 6.07) is 11.0. The van der Waals surface area contributed by atoms with Gasteiger partial charge in [0.1, 0.15) is 11.0 Å². The highest BCUT2D eigenvalue weighted by Crippen LogP contribution is 2.09. The molecule has 2 heterocycles. The summed E-state index contributed by atoms with van der Waals surface area (Å²) in [6.07, 6.45) is 1.46. The maximum atomic E-state index is 11.7. The third-order valence-electron chi connectivity index (χ3n) is 2.43. The second-order valence-electron chi connectivity index (χ2n) is 3.60. The van der Waals surface area contributed by atoms with E-state index in [-0.39, 0.29) is 11.7 Å². The van der Waals surface area contributed by atoms with E-state index >= 15 is 0 Å². The van der Waals surface area contributed by atoms with Gasteiger partial charge in [-0.15, -0.1) is 0 Å². The van der Waals surface area contributed by atoms with E-state index in [2.05, 4.69) is 15.3 Å². The lowest BCUT2D eigenvalue weighted by atomic mass is 10.3. The Labute approximate surface area is 96.5 Å². The van der Waals surface area contributed by atoms with Crippen LogP contribution in [0.3, 0.4) is 0 Å². The lowest BCUT2D eigenvalue weighted by Crippen LogP contribution is -2.17. The van der Waals surface area contributed by atoms with Gasteiger partial charge in [-0.2, -0.15) is 0 Å². The van der Waals surface area contributed by atoms with Crippen LogP contribution in [0, 0.1) is 0 Å². The molecule has 0 fully saturated rings.